The number of benzene rings is 1. The van der Waals surface area contributed by atoms with E-state index in [2.05, 4.69) is 21.2 Å². The Kier molecular flexibility index (Phi) is 5.72. The molecule has 0 heterocycles. The van der Waals surface area contributed by atoms with E-state index in [1.165, 1.54) is 12.1 Å². The average Bonchev–Trinajstić information content (AvgIpc) is 3.22. The third kappa shape index (κ3) is 4.15. The minimum Gasteiger partial charge on any atom is -0.345 e. The molecule has 1 amide bonds. The summed E-state index contributed by atoms with van der Waals surface area (Å²) >= 11 is 3.18. The number of nitro groups is 1. The molecule has 1 fully saturated rings. The second kappa shape index (κ2) is 6.72. The fourth-order valence-corrected chi connectivity index (χ4v) is 2.66. The predicted octanol–water partition coefficient (Wildman–Crippen LogP) is 2.64. The molecular formula is C13H17BrClN3O3. The topological polar surface area (TPSA) is 98.3 Å². The smallest absolute Gasteiger partial charge is 0.271 e. The lowest BCUT2D eigenvalue weighted by Gasteiger charge is -2.29. The highest BCUT2D eigenvalue weighted by Crippen LogP contribution is 2.39. The van der Waals surface area contributed by atoms with Crippen molar-refractivity contribution in [2.45, 2.75) is 25.3 Å². The Labute approximate surface area is 137 Å². The minimum atomic E-state index is -0.523. The highest BCUT2D eigenvalue weighted by molar-refractivity contribution is 9.10. The summed E-state index contributed by atoms with van der Waals surface area (Å²) in [5.74, 6) is 0.0489. The molecule has 8 heteroatoms. The van der Waals surface area contributed by atoms with E-state index in [1.54, 1.807) is 6.07 Å². The minimum absolute atomic E-state index is 0. The number of hydrogen-bond donors (Lipinski definition) is 2. The number of nitro benzene ring substituents is 1. The Morgan fingerprint density at radius 2 is 2.14 bits per heavy atom. The van der Waals surface area contributed by atoms with Crippen LogP contribution in [0.1, 0.15) is 30.1 Å². The van der Waals surface area contributed by atoms with Gasteiger partial charge in [0.1, 0.15) is 0 Å². The van der Waals surface area contributed by atoms with Gasteiger partial charge in [0.05, 0.1) is 10.5 Å². The molecule has 21 heavy (non-hydrogen) atoms. The summed E-state index contributed by atoms with van der Waals surface area (Å²) in [7, 11) is 0. The zero-order valence-corrected chi connectivity index (χ0v) is 13.9. The van der Waals surface area contributed by atoms with Crippen LogP contribution in [-0.4, -0.2) is 22.9 Å². The normalized spacial score (nSPS) is 16.5. The van der Waals surface area contributed by atoms with Crippen LogP contribution in [0.5, 0.6) is 0 Å². The molecule has 6 nitrogen and oxygen atoms in total. The number of non-ortho nitro benzene ring substituents is 1. The van der Waals surface area contributed by atoms with Crippen molar-refractivity contribution in [1.82, 2.24) is 5.32 Å². The van der Waals surface area contributed by atoms with Gasteiger partial charge in [-0.3, -0.25) is 14.9 Å². The van der Waals surface area contributed by atoms with Crippen LogP contribution in [-0.2, 0) is 0 Å². The zero-order chi connectivity index (χ0) is 14.9. The molecule has 1 aromatic rings. The summed E-state index contributed by atoms with van der Waals surface area (Å²) in [6.07, 6.45) is 2.10. The first-order valence-electron chi connectivity index (χ1n) is 6.33. The largest absolute Gasteiger partial charge is 0.345 e. The van der Waals surface area contributed by atoms with Crippen LogP contribution in [0, 0.1) is 16.0 Å². The van der Waals surface area contributed by atoms with Gasteiger partial charge in [-0.15, -0.1) is 12.4 Å². The van der Waals surface area contributed by atoms with E-state index in [0.717, 1.165) is 12.8 Å². The van der Waals surface area contributed by atoms with Gasteiger partial charge in [0.15, 0.2) is 0 Å². The molecular weight excluding hydrogens is 362 g/mol. The summed E-state index contributed by atoms with van der Waals surface area (Å²) < 4.78 is 0.498. The van der Waals surface area contributed by atoms with Crippen LogP contribution >= 0.6 is 28.3 Å². The highest BCUT2D eigenvalue weighted by Gasteiger charge is 2.41. The fraction of sp³-hybridized carbons (Fsp3) is 0.462. The number of halogens is 2. The first kappa shape index (κ1) is 17.9. The van der Waals surface area contributed by atoms with Crippen LogP contribution in [0.25, 0.3) is 0 Å². The molecule has 1 atom stereocenters. The van der Waals surface area contributed by atoms with Gasteiger partial charge in [-0.2, -0.15) is 0 Å². The summed E-state index contributed by atoms with van der Waals surface area (Å²) in [5, 5.41) is 13.7. The number of carbonyl (C=O) groups is 1. The van der Waals surface area contributed by atoms with Crippen LogP contribution in [0.3, 0.4) is 0 Å². The van der Waals surface area contributed by atoms with Crippen molar-refractivity contribution in [2.75, 3.05) is 6.54 Å². The number of nitrogens with one attached hydrogen (secondary N) is 1. The van der Waals surface area contributed by atoms with Crippen LogP contribution in [0.15, 0.2) is 22.7 Å². The van der Waals surface area contributed by atoms with Crippen molar-refractivity contribution >= 4 is 39.9 Å². The molecule has 0 aromatic heterocycles. The number of hydrogen-bond acceptors (Lipinski definition) is 4. The second-order valence-corrected chi connectivity index (χ2v) is 6.22. The number of nitrogens with zero attached hydrogens (tertiary/aromatic N) is 1. The lowest BCUT2D eigenvalue weighted by molar-refractivity contribution is -0.385. The Morgan fingerprint density at radius 1 is 1.52 bits per heavy atom. The summed E-state index contributed by atoms with van der Waals surface area (Å²) in [5.41, 5.74) is 5.44. The van der Waals surface area contributed by atoms with Gasteiger partial charge in [0, 0.05) is 28.7 Å². The highest BCUT2D eigenvalue weighted by atomic mass is 79.9. The van der Waals surface area contributed by atoms with Crippen molar-refractivity contribution < 1.29 is 9.72 Å². The summed E-state index contributed by atoms with van der Waals surface area (Å²) in [6, 6.07) is 4.19. The molecule has 0 saturated heterocycles. The number of rotatable bonds is 5. The van der Waals surface area contributed by atoms with E-state index in [1.807, 2.05) is 6.92 Å². The number of carbonyl (C=O) groups excluding carboxylic acids is 1. The first-order chi connectivity index (χ1) is 9.35. The molecule has 0 radical (unpaired) electrons. The quantitative estimate of drug-likeness (QED) is 0.608. The lowest BCUT2D eigenvalue weighted by Crippen LogP contribution is -2.53. The molecule has 2 rings (SSSR count). The number of amides is 1. The monoisotopic (exact) mass is 377 g/mol. The maximum atomic E-state index is 12.3. The van der Waals surface area contributed by atoms with Crippen molar-refractivity contribution in [3.05, 3.63) is 38.3 Å². The zero-order valence-electron chi connectivity index (χ0n) is 11.5. The lowest BCUT2D eigenvalue weighted by atomic mass is 9.95. The fourth-order valence-electron chi connectivity index (χ4n) is 2.18. The maximum Gasteiger partial charge on any atom is 0.271 e. The van der Waals surface area contributed by atoms with Crippen LogP contribution in [0.4, 0.5) is 5.69 Å². The van der Waals surface area contributed by atoms with Gasteiger partial charge in [0.25, 0.3) is 11.6 Å². The van der Waals surface area contributed by atoms with E-state index in [9.17, 15) is 14.9 Å². The molecule has 1 aromatic carbocycles. The predicted molar refractivity (Wildman–Crippen MR) is 85.7 cm³/mol. The summed E-state index contributed by atoms with van der Waals surface area (Å²) in [4.78, 5) is 22.6. The van der Waals surface area contributed by atoms with Crippen molar-refractivity contribution in [3.8, 4) is 0 Å². The van der Waals surface area contributed by atoms with E-state index in [0.29, 0.717) is 16.9 Å². The average molecular weight is 379 g/mol. The van der Waals surface area contributed by atoms with E-state index < -0.39 is 10.5 Å². The third-order valence-corrected chi connectivity index (χ3v) is 4.11. The Bertz CT molecular complexity index is 566. The van der Waals surface area contributed by atoms with Gasteiger partial charge in [-0.25, -0.2) is 0 Å². The van der Waals surface area contributed by atoms with Crippen LogP contribution in [0.2, 0.25) is 0 Å². The second-order valence-electron chi connectivity index (χ2n) is 5.31. The van der Waals surface area contributed by atoms with Gasteiger partial charge in [-0.1, -0.05) is 15.9 Å². The maximum absolute atomic E-state index is 12.3. The SMILES string of the molecule is CC(CN)(NC(=O)c1cc(Br)cc([N+](=O)[O-])c1)C1CC1.Cl. The molecule has 1 aliphatic carbocycles. The summed E-state index contributed by atoms with van der Waals surface area (Å²) in [6.45, 7) is 2.26. The van der Waals surface area contributed by atoms with E-state index >= 15 is 0 Å². The molecule has 0 aliphatic heterocycles. The molecule has 3 N–H and O–H groups in total. The number of nitrogens with two attached hydrogens (primary N) is 1. The Hall–Kier alpha value is -1.18. The molecule has 1 saturated carbocycles. The molecule has 0 bridgehead atoms. The molecule has 0 spiro atoms. The van der Waals surface area contributed by atoms with E-state index in [-0.39, 0.29) is 29.6 Å². The van der Waals surface area contributed by atoms with Crippen molar-refractivity contribution in [1.29, 1.82) is 0 Å². The van der Waals surface area contributed by atoms with Gasteiger partial charge in [-0.05, 0) is 31.7 Å². The third-order valence-electron chi connectivity index (χ3n) is 3.66. The molecule has 1 aliphatic rings. The van der Waals surface area contributed by atoms with Crippen molar-refractivity contribution in [2.24, 2.45) is 11.7 Å². The van der Waals surface area contributed by atoms with Gasteiger partial charge < -0.3 is 11.1 Å². The molecule has 1 unspecified atom stereocenters. The molecule has 116 valence electrons. The van der Waals surface area contributed by atoms with Gasteiger partial charge in [0.2, 0.25) is 0 Å². The first-order valence-corrected chi connectivity index (χ1v) is 7.12. The van der Waals surface area contributed by atoms with Gasteiger partial charge >= 0.3 is 0 Å². The van der Waals surface area contributed by atoms with Crippen LogP contribution < -0.4 is 11.1 Å². The Balaban J connectivity index is 0.00000220. The van der Waals surface area contributed by atoms with Crippen molar-refractivity contribution in [3.63, 3.8) is 0 Å². The van der Waals surface area contributed by atoms with E-state index in [4.69, 9.17) is 5.73 Å². The standard InChI is InChI=1S/C13H16BrN3O3.ClH/c1-13(7-15,9-2-3-9)16-12(18)8-4-10(14)6-11(5-8)17(19)20;/h4-6,9H,2-3,7,15H2,1H3,(H,16,18);1H. The Morgan fingerprint density at radius 3 is 2.62 bits per heavy atom.